The van der Waals surface area contributed by atoms with Crippen molar-refractivity contribution in [2.45, 2.75) is 18.8 Å². The molecule has 2 aromatic rings. The summed E-state index contributed by atoms with van der Waals surface area (Å²) in [6, 6.07) is 9.41. The summed E-state index contributed by atoms with van der Waals surface area (Å²) >= 11 is 0. The maximum Gasteiger partial charge on any atom is 0.165 e. The molecule has 116 valence electrons. The average Bonchev–Trinajstić information content (AvgIpc) is 3.03. The van der Waals surface area contributed by atoms with Crippen LogP contribution in [0, 0.1) is 5.82 Å². The van der Waals surface area contributed by atoms with E-state index in [-0.39, 0.29) is 5.82 Å². The van der Waals surface area contributed by atoms with Crippen molar-refractivity contribution in [2.75, 3.05) is 26.7 Å². The average molecular weight is 300 g/mol. The van der Waals surface area contributed by atoms with E-state index in [2.05, 4.69) is 16.0 Å². The Morgan fingerprint density at radius 3 is 3.00 bits per heavy atom. The van der Waals surface area contributed by atoms with Crippen LogP contribution in [0.5, 0.6) is 5.75 Å². The van der Waals surface area contributed by atoms with E-state index in [9.17, 15) is 4.39 Å². The second-order valence-electron chi connectivity index (χ2n) is 5.79. The van der Waals surface area contributed by atoms with Crippen molar-refractivity contribution >= 4 is 0 Å². The first-order chi connectivity index (χ1) is 10.8. The first-order valence-corrected chi connectivity index (χ1v) is 7.71. The summed E-state index contributed by atoms with van der Waals surface area (Å²) in [4.78, 5) is 6.59. The summed E-state index contributed by atoms with van der Waals surface area (Å²) in [7, 11) is 1.49. The second kappa shape index (κ2) is 6.88. The molecule has 3 rings (SSSR count). The van der Waals surface area contributed by atoms with Crippen LogP contribution in [0.25, 0.3) is 0 Å². The molecule has 1 aromatic carbocycles. The van der Waals surface area contributed by atoms with Gasteiger partial charge in [-0.15, -0.1) is 0 Å². The fourth-order valence-corrected chi connectivity index (χ4v) is 3.08. The van der Waals surface area contributed by atoms with Crippen molar-refractivity contribution in [3.63, 3.8) is 0 Å². The van der Waals surface area contributed by atoms with Gasteiger partial charge in [0, 0.05) is 25.5 Å². The van der Waals surface area contributed by atoms with E-state index in [1.54, 1.807) is 18.3 Å². The molecule has 0 bridgehead atoms. The van der Waals surface area contributed by atoms with Gasteiger partial charge in [-0.05, 0) is 54.6 Å². The zero-order valence-electron chi connectivity index (χ0n) is 12.8. The maximum atomic E-state index is 13.8. The van der Waals surface area contributed by atoms with Gasteiger partial charge >= 0.3 is 0 Å². The smallest absolute Gasteiger partial charge is 0.165 e. The summed E-state index contributed by atoms with van der Waals surface area (Å²) in [6.07, 6.45) is 5.82. The van der Waals surface area contributed by atoms with Gasteiger partial charge in [-0.25, -0.2) is 4.39 Å². The van der Waals surface area contributed by atoms with Crippen LogP contribution in [0.2, 0.25) is 0 Å². The zero-order valence-corrected chi connectivity index (χ0v) is 12.8. The lowest BCUT2D eigenvalue weighted by Crippen LogP contribution is -2.23. The summed E-state index contributed by atoms with van der Waals surface area (Å²) < 4.78 is 18.8. The quantitative estimate of drug-likeness (QED) is 0.847. The van der Waals surface area contributed by atoms with E-state index in [0.29, 0.717) is 11.7 Å². The molecule has 4 heteroatoms. The standard InChI is InChI=1S/C18H21FN2O/c1-22-18-5-4-15(11-17(18)19)16-7-10-21(13-16)9-6-14-3-2-8-20-12-14/h2-5,8,11-12,16H,6-7,9-10,13H2,1H3. The van der Waals surface area contributed by atoms with Gasteiger partial charge in [-0.1, -0.05) is 12.1 Å². The van der Waals surface area contributed by atoms with E-state index < -0.39 is 0 Å². The number of nitrogens with zero attached hydrogens (tertiary/aromatic N) is 2. The molecule has 0 N–H and O–H groups in total. The van der Waals surface area contributed by atoms with Gasteiger partial charge < -0.3 is 9.64 Å². The summed E-state index contributed by atoms with van der Waals surface area (Å²) in [6.45, 7) is 3.09. The van der Waals surface area contributed by atoms with Crippen molar-refractivity contribution in [2.24, 2.45) is 0 Å². The van der Waals surface area contributed by atoms with Crippen LogP contribution in [-0.2, 0) is 6.42 Å². The van der Waals surface area contributed by atoms with Crippen LogP contribution in [0.3, 0.4) is 0 Å². The van der Waals surface area contributed by atoms with Crippen molar-refractivity contribution in [3.05, 3.63) is 59.7 Å². The van der Waals surface area contributed by atoms with Gasteiger partial charge in [0.05, 0.1) is 7.11 Å². The number of pyridine rings is 1. The first-order valence-electron chi connectivity index (χ1n) is 7.71. The lowest BCUT2D eigenvalue weighted by atomic mass is 9.98. The third-order valence-corrected chi connectivity index (χ3v) is 4.36. The van der Waals surface area contributed by atoms with Gasteiger partial charge in [0.25, 0.3) is 0 Å². The van der Waals surface area contributed by atoms with E-state index in [0.717, 1.165) is 38.0 Å². The van der Waals surface area contributed by atoms with Crippen molar-refractivity contribution < 1.29 is 9.13 Å². The normalized spacial score (nSPS) is 18.5. The van der Waals surface area contributed by atoms with E-state index in [4.69, 9.17) is 4.74 Å². The molecule has 3 nitrogen and oxygen atoms in total. The molecule has 1 aliphatic rings. The van der Waals surface area contributed by atoms with Gasteiger partial charge in [-0.2, -0.15) is 0 Å². The number of halogens is 1. The second-order valence-corrected chi connectivity index (χ2v) is 5.79. The highest BCUT2D eigenvalue weighted by Gasteiger charge is 2.24. The third-order valence-electron chi connectivity index (χ3n) is 4.36. The highest BCUT2D eigenvalue weighted by molar-refractivity contribution is 5.32. The number of benzene rings is 1. The number of hydrogen-bond donors (Lipinski definition) is 0. The largest absolute Gasteiger partial charge is 0.494 e. The molecule has 1 aromatic heterocycles. The Labute approximate surface area is 130 Å². The highest BCUT2D eigenvalue weighted by Crippen LogP contribution is 2.30. The molecule has 0 amide bonds. The van der Waals surface area contributed by atoms with Crippen molar-refractivity contribution in [3.8, 4) is 5.75 Å². The third kappa shape index (κ3) is 3.45. The predicted octanol–water partition coefficient (Wildman–Crippen LogP) is 3.26. The monoisotopic (exact) mass is 300 g/mol. The topological polar surface area (TPSA) is 25.4 Å². The minimum atomic E-state index is -0.270. The summed E-state index contributed by atoms with van der Waals surface area (Å²) in [5.41, 5.74) is 2.34. The van der Waals surface area contributed by atoms with Gasteiger partial charge in [-0.3, -0.25) is 4.98 Å². The summed E-state index contributed by atoms with van der Waals surface area (Å²) in [5, 5.41) is 0. The fraction of sp³-hybridized carbons (Fsp3) is 0.389. The first kappa shape index (κ1) is 15.0. The molecule has 1 fully saturated rings. The molecular formula is C18H21FN2O. The lowest BCUT2D eigenvalue weighted by molar-refractivity contribution is 0.338. The minimum Gasteiger partial charge on any atom is -0.494 e. The molecule has 22 heavy (non-hydrogen) atoms. The Hall–Kier alpha value is -1.94. The highest BCUT2D eigenvalue weighted by atomic mass is 19.1. The van der Waals surface area contributed by atoms with E-state index >= 15 is 0 Å². The van der Waals surface area contributed by atoms with Gasteiger partial charge in [0.1, 0.15) is 0 Å². The van der Waals surface area contributed by atoms with Crippen molar-refractivity contribution in [1.29, 1.82) is 0 Å². The molecular weight excluding hydrogens is 279 g/mol. The fourth-order valence-electron chi connectivity index (χ4n) is 3.08. The summed E-state index contributed by atoms with van der Waals surface area (Å²) in [5.74, 6) is 0.457. The Balaban J connectivity index is 1.57. The van der Waals surface area contributed by atoms with Crippen LogP contribution in [-0.4, -0.2) is 36.6 Å². The van der Waals surface area contributed by atoms with E-state index in [1.807, 2.05) is 18.3 Å². The minimum absolute atomic E-state index is 0.270. The molecule has 2 heterocycles. The Morgan fingerprint density at radius 1 is 1.36 bits per heavy atom. The molecule has 0 aliphatic carbocycles. The SMILES string of the molecule is COc1ccc(C2CCN(CCc3cccnc3)C2)cc1F. The zero-order chi connectivity index (χ0) is 15.4. The van der Waals surface area contributed by atoms with Crippen LogP contribution < -0.4 is 4.74 Å². The van der Waals surface area contributed by atoms with Crippen LogP contribution >= 0.6 is 0 Å². The Kier molecular flexibility index (Phi) is 4.68. The molecule has 1 unspecified atom stereocenters. The molecule has 1 atom stereocenters. The van der Waals surface area contributed by atoms with Gasteiger partial charge in [0.2, 0.25) is 0 Å². The molecule has 1 saturated heterocycles. The Morgan fingerprint density at radius 2 is 2.27 bits per heavy atom. The maximum absolute atomic E-state index is 13.8. The molecule has 1 aliphatic heterocycles. The van der Waals surface area contributed by atoms with Gasteiger partial charge in [0.15, 0.2) is 11.6 Å². The molecule has 0 spiro atoms. The Bertz CT molecular complexity index is 618. The van der Waals surface area contributed by atoms with Crippen molar-refractivity contribution in [1.82, 2.24) is 9.88 Å². The lowest BCUT2D eigenvalue weighted by Gasteiger charge is -2.16. The number of hydrogen-bond acceptors (Lipinski definition) is 3. The number of ether oxygens (including phenoxy) is 1. The van der Waals surface area contributed by atoms with Crippen LogP contribution in [0.15, 0.2) is 42.7 Å². The number of methoxy groups -OCH3 is 1. The molecule has 0 radical (unpaired) electrons. The number of likely N-dealkylation sites (tertiary alicyclic amines) is 1. The molecule has 0 saturated carbocycles. The van der Waals surface area contributed by atoms with Crippen LogP contribution in [0.4, 0.5) is 4.39 Å². The predicted molar refractivity (Wildman–Crippen MR) is 84.7 cm³/mol. The van der Waals surface area contributed by atoms with E-state index in [1.165, 1.54) is 12.7 Å². The number of aromatic nitrogens is 1. The van der Waals surface area contributed by atoms with Crippen LogP contribution in [0.1, 0.15) is 23.5 Å². The number of rotatable bonds is 5.